The monoisotopic (exact) mass is 430 g/mol. The van der Waals surface area contributed by atoms with Gasteiger partial charge in [0.2, 0.25) is 0 Å². The first-order valence-corrected chi connectivity index (χ1v) is 10.2. The number of hydrogen-bond donors (Lipinski definition) is 1. The third-order valence-corrected chi connectivity index (χ3v) is 5.52. The fraction of sp³-hybridized carbons (Fsp3) is 0.0417. The Hall–Kier alpha value is -3.84. The summed E-state index contributed by atoms with van der Waals surface area (Å²) < 4.78 is 5.11. The van der Waals surface area contributed by atoms with Crippen LogP contribution in [0.3, 0.4) is 0 Å². The molecule has 1 aliphatic heterocycles. The molecule has 0 unspecified atom stereocenters. The molecular formula is C24H18N2O4S. The number of carboxylic acid groups (broad SMARTS) is 1. The first-order chi connectivity index (χ1) is 15.1. The van der Waals surface area contributed by atoms with Gasteiger partial charge in [0, 0.05) is 0 Å². The van der Waals surface area contributed by atoms with E-state index < -0.39 is 5.97 Å². The van der Waals surface area contributed by atoms with Gasteiger partial charge in [-0.25, -0.2) is 9.79 Å². The molecule has 3 aromatic rings. The molecule has 1 saturated heterocycles. The second-order valence-corrected chi connectivity index (χ2v) is 7.59. The summed E-state index contributed by atoms with van der Waals surface area (Å²) in [6.45, 7) is 0. The number of methoxy groups -OCH3 is 1. The summed E-state index contributed by atoms with van der Waals surface area (Å²) in [6.07, 6.45) is 1.67. The van der Waals surface area contributed by atoms with Crippen molar-refractivity contribution >= 4 is 46.3 Å². The summed E-state index contributed by atoms with van der Waals surface area (Å²) >= 11 is 1.24. The molecule has 1 heterocycles. The normalized spacial score (nSPS) is 16.2. The first-order valence-electron chi connectivity index (χ1n) is 9.41. The fourth-order valence-corrected chi connectivity index (χ4v) is 4.10. The molecular weight excluding hydrogens is 412 g/mol. The average Bonchev–Trinajstić information content (AvgIpc) is 3.09. The Morgan fingerprint density at radius 3 is 2.35 bits per heavy atom. The molecule has 1 N–H and O–H groups in total. The molecule has 3 aromatic carbocycles. The van der Waals surface area contributed by atoms with E-state index in [4.69, 9.17) is 4.74 Å². The number of carboxylic acids is 1. The van der Waals surface area contributed by atoms with Gasteiger partial charge in [0.1, 0.15) is 11.3 Å². The van der Waals surface area contributed by atoms with Crippen LogP contribution in [0.4, 0.5) is 11.4 Å². The molecule has 1 amide bonds. The lowest BCUT2D eigenvalue weighted by atomic mass is 10.1. The number of rotatable bonds is 5. The van der Waals surface area contributed by atoms with Crippen molar-refractivity contribution in [3.8, 4) is 5.75 Å². The molecule has 0 radical (unpaired) electrons. The molecule has 1 fully saturated rings. The topological polar surface area (TPSA) is 79.2 Å². The first kappa shape index (κ1) is 20.4. The summed E-state index contributed by atoms with van der Waals surface area (Å²) in [5.74, 6) is -1.06. The number of nitrogens with zero attached hydrogens (tertiary/aromatic N) is 2. The minimum absolute atomic E-state index is 0.0328. The standard InChI is InChI=1S/C24H18N2O4S/c1-30-20-13-12-16(14-19(20)23(28)29)15-21-22(27)26(18-10-6-3-7-11-18)24(31-21)25-17-8-4-2-5-9-17/h2-15H,1H3,(H,28,29)/b21-15-,25-24?. The van der Waals surface area contributed by atoms with Crippen LogP contribution in [-0.2, 0) is 4.79 Å². The molecule has 0 saturated carbocycles. The molecule has 0 aromatic heterocycles. The Bertz CT molecular complexity index is 1190. The number of thioether (sulfide) groups is 1. The van der Waals surface area contributed by atoms with Gasteiger partial charge in [-0.15, -0.1) is 0 Å². The second-order valence-electron chi connectivity index (χ2n) is 6.58. The van der Waals surface area contributed by atoms with Crippen LogP contribution < -0.4 is 9.64 Å². The van der Waals surface area contributed by atoms with Crippen molar-refractivity contribution in [1.29, 1.82) is 0 Å². The van der Waals surface area contributed by atoms with Crippen molar-refractivity contribution in [2.24, 2.45) is 4.99 Å². The van der Waals surface area contributed by atoms with Crippen molar-refractivity contribution in [3.05, 3.63) is 94.9 Å². The smallest absolute Gasteiger partial charge is 0.339 e. The third-order valence-electron chi connectivity index (χ3n) is 4.55. The van der Waals surface area contributed by atoms with Crippen LogP contribution in [0.15, 0.2) is 88.8 Å². The lowest BCUT2D eigenvalue weighted by Gasteiger charge is -2.15. The van der Waals surface area contributed by atoms with Gasteiger partial charge in [-0.3, -0.25) is 9.69 Å². The van der Waals surface area contributed by atoms with Gasteiger partial charge in [0.25, 0.3) is 5.91 Å². The van der Waals surface area contributed by atoms with Crippen LogP contribution in [-0.4, -0.2) is 29.3 Å². The van der Waals surface area contributed by atoms with E-state index in [-0.39, 0.29) is 17.2 Å². The zero-order chi connectivity index (χ0) is 21.8. The van der Waals surface area contributed by atoms with E-state index in [1.54, 1.807) is 23.1 Å². The van der Waals surface area contributed by atoms with Crippen molar-refractivity contribution in [3.63, 3.8) is 0 Å². The third kappa shape index (κ3) is 4.36. The Morgan fingerprint density at radius 2 is 1.71 bits per heavy atom. The molecule has 31 heavy (non-hydrogen) atoms. The number of carbonyl (C=O) groups excluding carboxylic acids is 1. The van der Waals surface area contributed by atoms with Gasteiger partial charge in [0.15, 0.2) is 5.17 Å². The largest absolute Gasteiger partial charge is 0.496 e. The van der Waals surface area contributed by atoms with E-state index in [9.17, 15) is 14.7 Å². The van der Waals surface area contributed by atoms with E-state index in [1.807, 2.05) is 60.7 Å². The number of amides is 1. The van der Waals surface area contributed by atoms with Crippen LogP contribution in [0.5, 0.6) is 5.75 Å². The lowest BCUT2D eigenvalue weighted by molar-refractivity contribution is -0.113. The van der Waals surface area contributed by atoms with Crippen LogP contribution in [0.2, 0.25) is 0 Å². The molecule has 0 aliphatic carbocycles. The average molecular weight is 430 g/mol. The Balaban J connectivity index is 1.76. The highest BCUT2D eigenvalue weighted by Crippen LogP contribution is 2.37. The number of hydrogen-bond acceptors (Lipinski definition) is 5. The Kier molecular flexibility index (Phi) is 5.86. The van der Waals surface area contributed by atoms with Gasteiger partial charge >= 0.3 is 5.97 Å². The highest BCUT2D eigenvalue weighted by Gasteiger charge is 2.34. The van der Waals surface area contributed by atoms with Crippen molar-refractivity contribution in [2.45, 2.75) is 0 Å². The summed E-state index contributed by atoms with van der Waals surface area (Å²) in [7, 11) is 1.42. The molecule has 6 nitrogen and oxygen atoms in total. The van der Waals surface area contributed by atoms with Gasteiger partial charge < -0.3 is 9.84 Å². The predicted molar refractivity (Wildman–Crippen MR) is 123 cm³/mol. The van der Waals surface area contributed by atoms with Gasteiger partial charge in [-0.1, -0.05) is 42.5 Å². The summed E-state index contributed by atoms with van der Waals surface area (Å²) in [6, 6.07) is 23.5. The minimum atomic E-state index is -1.10. The van der Waals surface area contributed by atoms with E-state index in [2.05, 4.69) is 4.99 Å². The summed E-state index contributed by atoms with van der Waals surface area (Å²) in [5, 5.41) is 9.96. The molecule has 7 heteroatoms. The summed E-state index contributed by atoms with van der Waals surface area (Å²) in [5.41, 5.74) is 2.06. The van der Waals surface area contributed by atoms with E-state index in [1.165, 1.54) is 24.9 Å². The number of benzene rings is 3. The number of anilines is 1. The zero-order valence-electron chi connectivity index (χ0n) is 16.6. The second kappa shape index (κ2) is 8.89. The predicted octanol–water partition coefficient (Wildman–Crippen LogP) is 5.20. The quantitative estimate of drug-likeness (QED) is 0.563. The summed E-state index contributed by atoms with van der Waals surface area (Å²) in [4.78, 5) is 31.5. The van der Waals surface area contributed by atoms with Crippen molar-refractivity contribution in [2.75, 3.05) is 12.0 Å². The number of para-hydroxylation sites is 2. The van der Waals surface area contributed by atoms with Crippen molar-refractivity contribution in [1.82, 2.24) is 0 Å². The SMILES string of the molecule is COc1ccc(/C=C2\SC(=Nc3ccccc3)N(c3ccccc3)C2=O)cc1C(=O)O. The maximum Gasteiger partial charge on any atom is 0.339 e. The maximum absolute atomic E-state index is 13.3. The molecule has 0 bridgehead atoms. The molecule has 1 aliphatic rings. The molecule has 154 valence electrons. The molecule has 0 spiro atoms. The van der Waals surface area contributed by atoms with Gasteiger partial charge in [-0.2, -0.15) is 0 Å². The number of carbonyl (C=O) groups is 2. The van der Waals surface area contributed by atoms with E-state index in [0.717, 1.165) is 5.69 Å². The van der Waals surface area contributed by atoms with Crippen LogP contribution >= 0.6 is 11.8 Å². The van der Waals surface area contributed by atoms with Gasteiger partial charge in [0.05, 0.1) is 23.4 Å². The highest BCUT2D eigenvalue weighted by atomic mass is 32.2. The maximum atomic E-state index is 13.3. The number of amidine groups is 1. The van der Waals surface area contributed by atoms with E-state index >= 15 is 0 Å². The van der Waals surface area contributed by atoms with Crippen LogP contribution in [0, 0.1) is 0 Å². The Labute approximate surface area is 183 Å². The molecule has 4 rings (SSSR count). The highest BCUT2D eigenvalue weighted by molar-refractivity contribution is 8.19. The number of ether oxygens (including phenoxy) is 1. The van der Waals surface area contributed by atoms with Crippen LogP contribution in [0.1, 0.15) is 15.9 Å². The zero-order valence-corrected chi connectivity index (χ0v) is 17.4. The number of aliphatic imine (C=N–C) groups is 1. The van der Waals surface area contributed by atoms with Crippen molar-refractivity contribution < 1.29 is 19.4 Å². The molecule has 0 atom stereocenters. The van der Waals surface area contributed by atoms with E-state index in [0.29, 0.717) is 21.3 Å². The Morgan fingerprint density at radius 1 is 1.03 bits per heavy atom. The lowest BCUT2D eigenvalue weighted by Crippen LogP contribution is -2.28. The van der Waals surface area contributed by atoms with Crippen LogP contribution in [0.25, 0.3) is 6.08 Å². The van der Waals surface area contributed by atoms with Gasteiger partial charge in [-0.05, 0) is 59.8 Å². The fourth-order valence-electron chi connectivity index (χ4n) is 3.10. The number of aromatic carboxylic acids is 1. The minimum Gasteiger partial charge on any atom is -0.496 e.